The van der Waals surface area contributed by atoms with E-state index < -0.39 is 0 Å². The number of benzene rings is 1. The topological polar surface area (TPSA) is 62.3 Å². The number of nitrogens with zero attached hydrogens (tertiary/aromatic N) is 2. The molecule has 0 amide bonds. The van der Waals surface area contributed by atoms with Crippen molar-refractivity contribution < 1.29 is 9.47 Å². The molecular weight excluding hydrogens is 266 g/mol. The van der Waals surface area contributed by atoms with Crippen LogP contribution in [0.2, 0.25) is 0 Å². The molecule has 1 saturated carbocycles. The van der Waals surface area contributed by atoms with Crippen LogP contribution in [0.15, 0.2) is 30.6 Å². The van der Waals surface area contributed by atoms with E-state index in [0.29, 0.717) is 17.5 Å². The van der Waals surface area contributed by atoms with Crippen LogP contribution in [-0.4, -0.2) is 29.1 Å². The van der Waals surface area contributed by atoms with Crippen LogP contribution in [0.5, 0.6) is 5.75 Å². The summed E-state index contributed by atoms with van der Waals surface area (Å²) in [7, 11) is 1.64. The molecule has 4 rings (SSSR count). The van der Waals surface area contributed by atoms with Crippen LogP contribution < -0.4 is 10.5 Å². The molecule has 1 aromatic carbocycles. The lowest BCUT2D eigenvalue weighted by atomic mass is 10.1. The third-order valence-corrected chi connectivity index (χ3v) is 4.61. The van der Waals surface area contributed by atoms with Crippen LogP contribution >= 0.6 is 0 Å². The van der Waals surface area contributed by atoms with Crippen molar-refractivity contribution in [3.05, 3.63) is 30.6 Å². The first-order valence-corrected chi connectivity index (χ1v) is 7.34. The highest BCUT2D eigenvalue weighted by Gasteiger charge is 2.55. The van der Waals surface area contributed by atoms with Gasteiger partial charge in [-0.25, -0.2) is 0 Å². The molecule has 110 valence electrons. The molecule has 5 heteroatoms. The molecule has 2 heterocycles. The van der Waals surface area contributed by atoms with Crippen molar-refractivity contribution in [2.45, 2.75) is 30.9 Å². The van der Waals surface area contributed by atoms with E-state index in [-0.39, 0.29) is 5.60 Å². The maximum Gasteiger partial charge on any atom is 0.149 e. The van der Waals surface area contributed by atoms with Gasteiger partial charge in [-0.05, 0) is 25.3 Å². The molecule has 21 heavy (non-hydrogen) atoms. The fourth-order valence-corrected chi connectivity index (χ4v) is 3.36. The third kappa shape index (κ3) is 1.92. The standard InChI is InChI=1S/C16H19N3O2/c1-20-15-12(3-2-4-13(15)17)11-9-18-19(10-11)14-5-8-21-16(14)6-7-16/h2-4,9-10,14H,5-8,17H2,1H3. The minimum Gasteiger partial charge on any atom is -0.494 e. The second kappa shape index (κ2) is 4.49. The summed E-state index contributed by atoms with van der Waals surface area (Å²) in [4.78, 5) is 0. The van der Waals surface area contributed by atoms with Crippen molar-refractivity contribution in [1.82, 2.24) is 9.78 Å². The second-order valence-corrected chi connectivity index (χ2v) is 5.85. The summed E-state index contributed by atoms with van der Waals surface area (Å²) in [6, 6.07) is 6.15. The number of anilines is 1. The van der Waals surface area contributed by atoms with Crippen molar-refractivity contribution >= 4 is 5.69 Å². The molecule has 0 radical (unpaired) electrons. The number of para-hydroxylation sites is 1. The first-order chi connectivity index (χ1) is 10.2. The van der Waals surface area contributed by atoms with Gasteiger partial charge in [0.1, 0.15) is 5.75 Å². The predicted octanol–water partition coefficient (Wildman–Crippen LogP) is 2.63. The summed E-state index contributed by atoms with van der Waals surface area (Å²) < 4.78 is 13.4. The van der Waals surface area contributed by atoms with E-state index in [1.165, 1.54) is 0 Å². The van der Waals surface area contributed by atoms with Crippen LogP contribution in [0, 0.1) is 0 Å². The Labute approximate surface area is 123 Å². The fourth-order valence-electron chi connectivity index (χ4n) is 3.36. The van der Waals surface area contributed by atoms with E-state index in [1.54, 1.807) is 7.11 Å². The fraction of sp³-hybridized carbons (Fsp3) is 0.438. The Morgan fingerprint density at radius 3 is 3.05 bits per heavy atom. The summed E-state index contributed by atoms with van der Waals surface area (Å²) in [5, 5.41) is 4.56. The number of nitrogens with two attached hydrogens (primary N) is 1. The smallest absolute Gasteiger partial charge is 0.149 e. The number of methoxy groups -OCH3 is 1. The van der Waals surface area contributed by atoms with Crippen molar-refractivity contribution in [3.8, 4) is 16.9 Å². The second-order valence-electron chi connectivity index (χ2n) is 5.85. The molecule has 1 unspecified atom stereocenters. The number of rotatable bonds is 3. The molecule has 1 atom stereocenters. The molecule has 1 aliphatic carbocycles. The Hall–Kier alpha value is -2.01. The molecule has 2 N–H and O–H groups in total. The summed E-state index contributed by atoms with van der Waals surface area (Å²) in [5.41, 5.74) is 8.69. The van der Waals surface area contributed by atoms with Gasteiger partial charge in [-0.1, -0.05) is 12.1 Å². The van der Waals surface area contributed by atoms with E-state index in [1.807, 2.05) is 24.4 Å². The van der Waals surface area contributed by atoms with E-state index in [0.717, 1.165) is 37.0 Å². The number of hydrogen-bond acceptors (Lipinski definition) is 4. The number of ether oxygens (including phenoxy) is 2. The van der Waals surface area contributed by atoms with Crippen molar-refractivity contribution in [1.29, 1.82) is 0 Å². The molecule has 1 spiro atoms. The van der Waals surface area contributed by atoms with Crippen LogP contribution in [-0.2, 0) is 4.74 Å². The molecular formula is C16H19N3O2. The average molecular weight is 285 g/mol. The highest BCUT2D eigenvalue weighted by molar-refractivity contribution is 5.76. The zero-order chi connectivity index (χ0) is 14.4. The molecule has 1 saturated heterocycles. The molecule has 2 fully saturated rings. The third-order valence-electron chi connectivity index (χ3n) is 4.61. The van der Waals surface area contributed by atoms with Gasteiger partial charge in [-0.3, -0.25) is 4.68 Å². The summed E-state index contributed by atoms with van der Waals surface area (Å²) >= 11 is 0. The van der Waals surface area contributed by atoms with Gasteiger partial charge in [0.05, 0.1) is 30.6 Å². The monoisotopic (exact) mass is 285 g/mol. The zero-order valence-electron chi connectivity index (χ0n) is 12.1. The van der Waals surface area contributed by atoms with Crippen molar-refractivity contribution in [3.63, 3.8) is 0 Å². The summed E-state index contributed by atoms with van der Waals surface area (Å²) in [5.74, 6) is 0.709. The lowest BCUT2D eigenvalue weighted by molar-refractivity contribution is 0.0681. The van der Waals surface area contributed by atoms with E-state index in [9.17, 15) is 0 Å². The number of nitrogen functional groups attached to an aromatic ring is 1. The first-order valence-electron chi connectivity index (χ1n) is 7.34. The molecule has 0 bridgehead atoms. The molecule has 2 aromatic rings. The average Bonchev–Trinajstić information content (AvgIpc) is 2.92. The zero-order valence-corrected chi connectivity index (χ0v) is 12.1. The maximum absolute atomic E-state index is 5.98. The quantitative estimate of drug-likeness (QED) is 0.881. The highest BCUT2D eigenvalue weighted by Crippen LogP contribution is 2.53. The van der Waals surface area contributed by atoms with Gasteiger partial charge in [0.15, 0.2) is 0 Å². The molecule has 5 nitrogen and oxygen atoms in total. The minimum atomic E-state index is 0.0586. The van der Waals surface area contributed by atoms with Gasteiger partial charge >= 0.3 is 0 Å². The van der Waals surface area contributed by atoms with Gasteiger partial charge in [0.2, 0.25) is 0 Å². The Morgan fingerprint density at radius 2 is 2.29 bits per heavy atom. The summed E-state index contributed by atoms with van der Waals surface area (Å²) in [6.07, 6.45) is 7.29. The van der Waals surface area contributed by atoms with Gasteiger partial charge in [-0.15, -0.1) is 0 Å². The summed E-state index contributed by atoms with van der Waals surface area (Å²) in [6.45, 7) is 0.835. The van der Waals surface area contributed by atoms with E-state index in [2.05, 4.69) is 16.0 Å². The van der Waals surface area contributed by atoms with Gasteiger partial charge in [0, 0.05) is 23.9 Å². The largest absolute Gasteiger partial charge is 0.494 e. The molecule has 1 aromatic heterocycles. The molecule has 2 aliphatic rings. The lowest BCUT2D eigenvalue weighted by Crippen LogP contribution is -2.21. The lowest BCUT2D eigenvalue weighted by Gasteiger charge is -2.17. The Bertz CT molecular complexity index is 676. The Balaban J connectivity index is 1.70. The van der Waals surface area contributed by atoms with Crippen LogP contribution in [0.4, 0.5) is 5.69 Å². The number of hydrogen-bond donors (Lipinski definition) is 1. The van der Waals surface area contributed by atoms with Crippen LogP contribution in [0.25, 0.3) is 11.1 Å². The Kier molecular flexibility index (Phi) is 2.72. The van der Waals surface area contributed by atoms with Crippen molar-refractivity contribution in [2.24, 2.45) is 0 Å². The SMILES string of the molecule is COc1c(N)cccc1-c1cnn(C2CCOC23CC3)c1. The normalized spacial score (nSPS) is 22.6. The van der Waals surface area contributed by atoms with Gasteiger partial charge < -0.3 is 15.2 Å². The minimum absolute atomic E-state index is 0.0586. The van der Waals surface area contributed by atoms with Crippen LogP contribution in [0.1, 0.15) is 25.3 Å². The predicted molar refractivity (Wildman–Crippen MR) is 80.2 cm³/mol. The van der Waals surface area contributed by atoms with Gasteiger partial charge in [-0.2, -0.15) is 5.10 Å². The van der Waals surface area contributed by atoms with Crippen LogP contribution in [0.3, 0.4) is 0 Å². The van der Waals surface area contributed by atoms with E-state index >= 15 is 0 Å². The number of aromatic nitrogens is 2. The van der Waals surface area contributed by atoms with Crippen molar-refractivity contribution in [2.75, 3.05) is 19.5 Å². The molecule has 1 aliphatic heterocycles. The first kappa shape index (κ1) is 12.7. The van der Waals surface area contributed by atoms with Gasteiger partial charge in [0.25, 0.3) is 0 Å². The van der Waals surface area contributed by atoms with E-state index in [4.69, 9.17) is 15.2 Å². The maximum atomic E-state index is 5.98. The highest BCUT2D eigenvalue weighted by atomic mass is 16.5. The Morgan fingerprint density at radius 1 is 1.43 bits per heavy atom.